The van der Waals surface area contributed by atoms with Crippen molar-refractivity contribution in [1.82, 2.24) is 15.5 Å². The summed E-state index contributed by atoms with van der Waals surface area (Å²) in [7, 11) is 1.70. The first-order valence-electron chi connectivity index (χ1n) is 6.96. The number of methoxy groups -OCH3 is 1. The third kappa shape index (κ3) is 4.26. The number of nitrogens with one attached hydrogen (secondary N) is 1. The van der Waals surface area contributed by atoms with Crippen molar-refractivity contribution >= 4 is 0 Å². The first-order chi connectivity index (χ1) is 9.33. The van der Waals surface area contributed by atoms with Gasteiger partial charge in [0.25, 0.3) is 0 Å². The zero-order chi connectivity index (χ0) is 13.5. The molecular formula is C13H23N3O3. The molecule has 0 aliphatic carbocycles. The third-order valence-electron chi connectivity index (χ3n) is 3.25. The highest BCUT2D eigenvalue weighted by molar-refractivity contribution is 4.98. The lowest BCUT2D eigenvalue weighted by atomic mass is 10.1. The predicted molar refractivity (Wildman–Crippen MR) is 70.1 cm³/mol. The average molecular weight is 269 g/mol. The van der Waals surface area contributed by atoms with Gasteiger partial charge in [-0.3, -0.25) is 0 Å². The van der Waals surface area contributed by atoms with Gasteiger partial charge in [-0.2, -0.15) is 4.98 Å². The Bertz CT molecular complexity index is 364. The van der Waals surface area contributed by atoms with Gasteiger partial charge in [0.2, 0.25) is 5.89 Å². The smallest absolute Gasteiger partial charge is 0.228 e. The first kappa shape index (κ1) is 14.4. The third-order valence-corrected chi connectivity index (χ3v) is 3.25. The van der Waals surface area contributed by atoms with Crippen LogP contribution >= 0.6 is 0 Å². The molecule has 0 bridgehead atoms. The molecule has 2 heterocycles. The Labute approximate surface area is 113 Å². The van der Waals surface area contributed by atoms with Crippen LogP contribution in [0.2, 0.25) is 0 Å². The summed E-state index contributed by atoms with van der Waals surface area (Å²) >= 11 is 0. The van der Waals surface area contributed by atoms with Gasteiger partial charge in [0.15, 0.2) is 5.82 Å². The number of nitrogens with zero attached hydrogens (tertiary/aromatic N) is 2. The van der Waals surface area contributed by atoms with Crippen LogP contribution in [0.1, 0.15) is 37.4 Å². The molecule has 1 aromatic heterocycles. The molecule has 1 aromatic rings. The molecule has 2 rings (SSSR count). The van der Waals surface area contributed by atoms with Gasteiger partial charge in [0, 0.05) is 32.1 Å². The standard InChI is InChI=1S/C13H23N3O3/c1-3-5-14-11(9-17-2)7-12-15-13(16-19-12)10-4-6-18-8-10/h10-11,14H,3-9H2,1-2H3. The van der Waals surface area contributed by atoms with E-state index in [0.29, 0.717) is 31.4 Å². The second-order valence-corrected chi connectivity index (χ2v) is 4.92. The Morgan fingerprint density at radius 3 is 3.11 bits per heavy atom. The summed E-state index contributed by atoms with van der Waals surface area (Å²) in [6.45, 7) is 5.24. The van der Waals surface area contributed by atoms with Gasteiger partial charge in [0.1, 0.15) is 0 Å². The topological polar surface area (TPSA) is 69.4 Å². The fraction of sp³-hybridized carbons (Fsp3) is 0.846. The lowest BCUT2D eigenvalue weighted by molar-refractivity contribution is 0.161. The Morgan fingerprint density at radius 1 is 1.53 bits per heavy atom. The van der Waals surface area contributed by atoms with Crippen LogP contribution in [0, 0.1) is 0 Å². The summed E-state index contributed by atoms with van der Waals surface area (Å²) in [5.41, 5.74) is 0. The minimum absolute atomic E-state index is 0.220. The van der Waals surface area contributed by atoms with Crippen molar-refractivity contribution in [2.75, 3.05) is 33.5 Å². The Hall–Kier alpha value is -0.980. The minimum Gasteiger partial charge on any atom is -0.383 e. The van der Waals surface area contributed by atoms with Crippen LogP contribution in [-0.2, 0) is 15.9 Å². The molecule has 6 nitrogen and oxygen atoms in total. The molecule has 0 spiro atoms. The molecule has 0 amide bonds. The van der Waals surface area contributed by atoms with Crippen molar-refractivity contribution in [2.24, 2.45) is 0 Å². The molecule has 0 radical (unpaired) electrons. The number of aromatic nitrogens is 2. The van der Waals surface area contributed by atoms with E-state index in [0.717, 1.165) is 31.8 Å². The molecule has 2 atom stereocenters. The molecule has 108 valence electrons. The second-order valence-electron chi connectivity index (χ2n) is 4.92. The molecule has 0 aromatic carbocycles. The number of hydrogen-bond acceptors (Lipinski definition) is 6. The minimum atomic E-state index is 0.220. The lowest BCUT2D eigenvalue weighted by Crippen LogP contribution is -2.35. The summed E-state index contributed by atoms with van der Waals surface area (Å²) < 4.78 is 15.9. The van der Waals surface area contributed by atoms with E-state index in [-0.39, 0.29) is 6.04 Å². The van der Waals surface area contributed by atoms with Gasteiger partial charge in [-0.1, -0.05) is 12.1 Å². The van der Waals surface area contributed by atoms with E-state index in [4.69, 9.17) is 14.0 Å². The van der Waals surface area contributed by atoms with Crippen LogP contribution < -0.4 is 5.32 Å². The lowest BCUT2D eigenvalue weighted by Gasteiger charge is -2.15. The molecule has 1 fully saturated rings. The van der Waals surface area contributed by atoms with Gasteiger partial charge in [-0.25, -0.2) is 0 Å². The maximum absolute atomic E-state index is 5.34. The Kier molecular flexibility index (Phi) is 5.75. The molecule has 1 aliphatic rings. The fourth-order valence-electron chi connectivity index (χ4n) is 2.21. The van der Waals surface area contributed by atoms with Gasteiger partial charge in [-0.05, 0) is 19.4 Å². The van der Waals surface area contributed by atoms with Crippen LogP contribution in [-0.4, -0.2) is 49.7 Å². The van der Waals surface area contributed by atoms with Crippen molar-refractivity contribution < 1.29 is 14.0 Å². The molecule has 1 saturated heterocycles. The zero-order valence-corrected chi connectivity index (χ0v) is 11.7. The van der Waals surface area contributed by atoms with Crippen LogP contribution in [0.15, 0.2) is 4.52 Å². The molecular weight excluding hydrogens is 246 g/mol. The van der Waals surface area contributed by atoms with Crippen LogP contribution in [0.3, 0.4) is 0 Å². The number of ether oxygens (including phenoxy) is 2. The van der Waals surface area contributed by atoms with E-state index in [1.165, 1.54) is 0 Å². The number of rotatable bonds is 8. The maximum atomic E-state index is 5.34. The molecule has 2 unspecified atom stereocenters. The van der Waals surface area contributed by atoms with E-state index in [9.17, 15) is 0 Å². The van der Waals surface area contributed by atoms with Crippen LogP contribution in [0.4, 0.5) is 0 Å². The van der Waals surface area contributed by atoms with E-state index in [1.807, 2.05) is 0 Å². The summed E-state index contributed by atoms with van der Waals surface area (Å²) in [4.78, 5) is 4.47. The quantitative estimate of drug-likeness (QED) is 0.763. The van der Waals surface area contributed by atoms with Gasteiger partial charge < -0.3 is 19.3 Å². The van der Waals surface area contributed by atoms with E-state index >= 15 is 0 Å². The van der Waals surface area contributed by atoms with Crippen LogP contribution in [0.5, 0.6) is 0 Å². The highest BCUT2D eigenvalue weighted by atomic mass is 16.5. The highest BCUT2D eigenvalue weighted by Gasteiger charge is 2.23. The maximum Gasteiger partial charge on any atom is 0.228 e. The van der Waals surface area contributed by atoms with Crippen molar-refractivity contribution in [2.45, 2.75) is 38.1 Å². The molecule has 1 aliphatic heterocycles. The molecule has 1 N–H and O–H groups in total. The van der Waals surface area contributed by atoms with E-state index in [1.54, 1.807) is 7.11 Å². The van der Waals surface area contributed by atoms with Gasteiger partial charge in [-0.15, -0.1) is 0 Å². The monoisotopic (exact) mass is 269 g/mol. The molecule has 19 heavy (non-hydrogen) atoms. The molecule has 0 saturated carbocycles. The predicted octanol–water partition coefficient (Wildman–Crippen LogP) is 1.13. The van der Waals surface area contributed by atoms with Crippen molar-refractivity contribution in [3.8, 4) is 0 Å². The second kappa shape index (κ2) is 7.57. The Balaban J connectivity index is 1.89. The fourth-order valence-corrected chi connectivity index (χ4v) is 2.21. The van der Waals surface area contributed by atoms with E-state index < -0.39 is 0 Å². The summed E-state index contributed by atoms with van der Waals surface area (Å²) in [5.74, 6) is 1.74. The SMILES string of the molecule is CCCNC(COC)Cc1nc(C2CCOC2)no1. The summed E-state index contributed by atoms with van der Waals surface area (Å²) in [6.07, 6.45) is 2.78. The van der Waals surface area contributed by atoms with Crippen LogP contribution in [0.25, 0.3) is 0 Å². The normalized spacial score (nSPS) is 20.8. The largest absolute Gasteiger partial charge is 0.383 e. The van der Waals surface area contributed by atoms with E-state index in [2.05, 4.69) is 22.4 Å². The first-order valence-corrected chi connectivity index (χ1v) is 6.96. The van der Waals surface area contributed by atoms with Gasteiger partial charge >= 0.3 is 0 Å². The summed E-state index contributed by atoms with van der Waals surface area (Å²) in [6, 6.07) is 0.220. The average Bonchev–Trinajstić information content (AvgIpc) is 3.06. The highest BCUT2D eigenvalue weighted by Crippen LogP contribution is 2.22. The Morgan fingerprint density at radius 2 is 2.42 bits per heavy atom. The van der Waals surface area contributed by atoms with Crippen molar-refractivity contribution in [3.05, 3.63) is 11.7 Å². The van der Waals surface area contributed by atoms with Crippen molar-refractivity contribution in [1.29, 1.82) is 0 Å². The van der Waals surface area contributed by atoms with Crippen molar-refractivity contribution in [3.63, 3.8) is 0 Å². The summed E-state index contributed by atoms with van der Waals surface area (Å²) in [5, 5.41) is 7.48. The number of hydrogen-bond donors (Lipinski definition) is 1. The zero-order valence-electron chi connectivity index (χ0n) is 11.7. The van der Waals surface area contributed by atoms with Gasteiger partial charge in [0.05, 0.1) is 13.2 Å². The molecule has 6 heteroatoms.